The second-order valence-corrected chi connectivity index (χ2v) is 7.57. The average molecular weight is 386 g/mol. The quantitative estimate of drug-likeness (QED) is 0.770. The number of thiazole rings is 1. The van der Waals surface area contributed by atoms with E-state index in [1.807, 2.05) is 36.6 Å². The van der Waals surface area contributed by atoms with Crippen molar-refractivity contribution in [2.75, 3.05) is 13.1 Å². The Morgan fingerprint density at radius 2 is 2.15 bits per heavy atom. The molecule has 1 aromatic carbocycles. The lowest BCUT2D eigenvalue weighted by atomic mass is 9.98. The molecule has 3 rings (SSSR count). The maximum absolute atomic E-state index is 12.3. The highest BCUT2D eigenvalue weighted by atomic mass is 32.1. The minimum atomic E-state index is -0.833. The van der Waals surface area contributed by atoms with Gasteiger partial charge in [-0.3, -0.25) is 9.59 Å². The molecule has 142 valence electrons. The largest absolute Gasteiger partial charge is 0.487 e. The molecule has 1 aliphatic rings. The summed E-state index contributed by atoms with van der Waals surface area (Å²) in [6, 6.07) is 7.46. The van der Waals surface area contributed by atoms with Gasteiger partial charge >= 0.3 is 5.97 Å². The molecular weight excluding hydrogens is 364 g/mol. The predicted molar refractivity (Wildman–Crippen MR) is 104 cm³/mol. The Hall–Kier alpha value is -2.67. The summed E-state index contributed by atoms with van der Waals surface area (Å²) in [6.45, 7) is 3.28. The molecule has 1 aliphatic heterocycles. The van der Waals surface area contributed by atoms with Gasteiger partial charge in [0.25, 0.3) is 0 Å². The predicted octanol–water partition coefficient (Wildman–Crippen LogP) is 3.37. The first-order chi connectivity index (χ1) is 13.0. The number of benzene rings is 1. The first-order valence-electron chi connectivity index (χ1n) is 8.85. The molecule has 1 fully saturated rings. The van der Waals surface area contributed by atoms with Crippen molar-refractivity contribution in [1.82, 2.24) is 9.88 Å². The zero-order chi connectivity index (χ0) is 19.2. The molecule has 2 heterocycles. The number of carboxylic acid groups (broad SMARTS) is 1. The van der Waals surface area contributed by atoms with Crippen molar-refractivity contribution < 1.29 is 19.4 Å². The Morgan fingerprint density at radius 1 is 1.37 bits per heavy atom. The summed E-state index contributed by atoms with van der Waals surface area (Å²) in [5.41, 5.74) is 1.79. The van der Waals surface area contributed by atoms with E-state index in [4.69, 9.17) is 9.84 Å². The number of aliphatic carboxylic acids is 1. The van der Waals surface area contributed by atoms with Crippen LogP contribution in [0.5, 0.6) is 5.75 Å². The van der Waals surface area contributed by atoms with Gasteiger partial charge in [-0.05, 0) is 43.5 Å². The van der Waals surface area contributed by atoms with Crippen LogP contribution in [0.4, 0.5) is 0 Å². The molecule has 27 heavy (non-hydrogen) atoms. The van der Waals surface area contributed by atoms with Gasteiger partial charge in [0.1, 0.15) is 12.4 Å². The maximum atomic E-state index is 12.3. The number of hydrogen-bond acceptors (Lipinski definition) is 5. The lowest BCUT2D eigenvalue weighted by Gasteiger charge is -2.29. The van der Waals surface area contributed by atoms with Crippen LogP contribution in [0.1, 0.15) is 29.1 Å². The van der Waals surface area contributed by atoms with Crippen LogP contribution < -0.4 is 4.74 Å². The molecule has 7 heteroatoms. The van der Waals surface area contributed by atoms with E-state index in [0.717, 1.165) is 28.4 Å². The molecule has 1 N–H and O–H groups in total. The van der Waals surface area contributed by atoms with Gasteiger partial charge in [-0.1, -0.05) is 12.1 Å². The summed E-state index contributed by atoms with van der Waals surface area (Å²) in [4.78, 5) is 29.4. The number of amides is 1. The highest BCUT2D eigenvalue weighted by molar-refractivity contribution is 7.09. The van der Waals surface area contributed by atoms with E-state index in [0.29, 0.717) is 19.6 Å². The van der Waals surface area contributed by atoms with Crippen LogP contribution in [0.3, 0.4) is 0 Å². The minimum absolute atomic E-state index is 0.153. The van der Waals surface area contributed by atoms with Gasteiger partial charge < -0.3 is 14.7 Å². The summed E-state index contributed by atoms with van der Waals surface area (Å²) in [7, 11) is 0. The summed E-state index contributed by atoms with van der Waals surface area (Å²) < 4.78 is 5.70. The first kappa shape index (κ1) is 19.1. The molecule has 0 spiro atoms. The average Bonchev–Trinajstić information content (AvgIpc) is 3.10. The maximum Gasteiger partial charge on any atom is 0.308 e. The molecule has 1 saturated heterocycles. The van der Waals surface area contributed by atoms with E-state index in [1.54, 1.807) is 22.3 Å². The van der Waals surface area contributed by atoms with Crippen molar-refractivity contribution in [3.8, 4) is 5.75 Å². The molecule has 1 atom stereocenters. The van der Waals surface area contributed by atoms with Crippen LogP contribution >= 0.6 is 11.3 Å². The smallest absolute Gasteiger partial charge is 0.308 e. The van der Waals surface area contributed by atoms with Crippen LogP contribution in [-0.2, 0) is 16.2 Å². The number of carboxylic acids is 1. The lowest BCUT2D eigenvalue weighted by Crippen LogP contribution is -2.41. The Balaban J connectivity index is 1.52. The fourth-order valence-electron chi connectivity index (χ4n) is 2.96. The van der Waals surface area contributed by atoms with Crippen molar-refractivity contribution in [1.29, 1.82) is 0 Å². The number of likely N-dealkylation sites (tertiary alicyclic amines) is 1. The second-order valence-electron chi connectivity index (χ2n) is 6.51. The zero-order valence-electron chi connectivity index (χ0n) is 15.1. The van der Waals surface area contributed by atoms with Gasteiger partial charge in [-0.25, -0.2) is 4.98 Å². The molecule has 0 bridgehead atoms. The van der Waals surface area contributed by atoms with E-state index in [1.165, 1.54) is 6.08 Å². The van der Waals surface area contributed by atoms with Crippen molar-refractivity contribution in [3.05, 3.63) is 52.0 Å². The van der Waals surface area contributed by atoms with Crippen LogP contribution in [-0.4, -0.2) is 40.0 Å². The molecule has 0 aliphatic carbocycles. The third kappa shape index (κ3) is 5.40. The third-order valence-corrected chi connectivity index (χ3v) is 5.26. The normalized spacial score (nSPS) is 17.2. The Labute approximate surface area is 162 Å². The Bertz CT molecular complexity index is 829. The number of ether oxygens (including phenoxy) is 1. The zero-order valence-corrected chi connectivity index (χ0v) is 15.9. The van der Waals surface area contributed by atoms with E-state index in [9.17, 15) is 9.59 Å². The molecular formula is C20H22N2O4S. The number of aryl methyl sites for hydroxylation is 1. The minimum Gasteiger partial charge on any atom is -0.487 e. The first-order valence-corrected chi connectivity index (χ1v) is 9.73. The van der Waals surface area contributed by atoms with Crippen molar-refractivity contribution in [3.63, 3.8) is 0 Å². The standard InChI is InChI=1S/C20H22N2O4S/c1-14-21-17(13-27-14)12-26-18-7-4-15(5-8-18)6-9-19(23)22-10-2-3-16(11-22)20(24)25/h4-9,13,16H,2-3,10-12H2,1H3,(H,24,25)/b9-6+. The van der Waals surface area contributed by atoms with Gasteiger partial charge in [-0.15, -0.1) is 11.3 Å². The van der Waals surface area contributed by atoms with Crippen molar-refractivity contribution in [2.45, 2.75) is 26.4 Å². The number of carbonyl (C=O) groups is 2. The van der Waals surface area contributed by atoms with Crippen molar-refractivity contribution in [2.24, 2.45) is 5.92 Å². The number of hydrogen-bond donors (Lipinski definition) is 1. The SMILES string of the molecule is Cc1nc(COc2ccc(/C=C/C(=O)N3CCCC(C(=O)O)C3)cc2)cs1. The molecule has 0 radical (unpaired) electrons. The molecule has 0 saturated carbocycles. The molecule has 1 unspecified atom stereocenters. The van der Waals surface area contributed by atoms with Crippen molar-refractivity contribution >= 4 is 29.3 Å². The lowest BCUT2D eigenvalue weighted by molar-refractivity contribution is -0.144. The van der Waals surface area contributed by atoms with Gasteiger partial charge in [0.2, 0.25) is 5.91 Å². The Kier molecular flexibility index (Phi) is 6.24. The number of piperidine rings is 1. The van der Waals surface area contributed by atoms with E-state index < -0.39 is 11.9 Å². The topological polar surface area (TPSA) is 79.7 Å². The van der Waals surface area contributed by atoms with Crippen LogP contribution in [0, 0.1) is 12.8 Å². The van der Waals surface area contributed by atoms with Crippen LogP contribution in [0.2, 0.25) is 0 Å². The number of aromatic nitrogens is 1. The van der Waals surface area contributed by atoms with E-state index in [-0.39, 0.29) is 12.5 Å². The van der Waals surface area contributed by atoms with Gasteiger partial charge in [0.05, 0.1) is 16.6 Å². The van der Waals surface area contributed by atoms with E-state index in [2.05, 4.69) is 4.98 Å². The molecule has 1 amide bonds. The number of rotatable bonds is 6. The van der Waals surface area contributed by atoms with Crippen LogP contribution in [0.25, 0.3) is 6.08 Å². The Morgan fingerprint density at radius 3 is 2.81 bits per heavy atom. The number of carbonyl (C=O) groups excluding carboxylic acids is 1. The highest BCUT2D eigenvalue weighted by Gasteiger charge is 2.27. The van der Waals surface area contributed by atoms with E-state index >= 15 is 0 Å². The third-order valence-electron chi connectivity index (χ3n) is 4.43. The van der Waals surface area contributed by atoms with Gasteiger partial charge in [-0.2, -0.15) is 0 Å². The number of nitrogens with zero attached hydrogens (tertiary/aromatic N) is 2. The molecule has 2 aromatic rings. The van der Waals surface area contributed by atoms with Gasteiger partial charge in [0.15, 0.2) is 0 Å². The summed E-state index contributed by atoms with van der Waals surface area (Å²) in [5, 5.41) is 12.1. The summed E-state index contributed by atoms with van der Waals surface area (Å²) in [5.74, 6) is -0.710. The van der Waals surface area contributed by atoms with Gasteiger partial charge in [0, 0.05) is 24.5 Å². The molecule has 1 aromatic heterocycles. The second kappa shape index (κ2) is 8.81. The fourth-order valence-corrected chi connectivity index (χ4v) is 3.56. The summed E-state index contributed by atoms with van der Waals surface area (Å²) in [6.07, 6.45) is 4.59. The highest BCUT2D eigenvalue weighted by Crippen LogP contribution is 2.18. The molecule has 6 nitrogen and oxygen atoms in total. The fraction of sp³-hybridized carbons (Fsp3) is 0.350. The summed E-state index contributed by atoms with van der Waals surface area (Å²) >= 11 is 1.60. The van der Waals surface area contributed by atoms with Crippen LogP contribution in [0.15, 0.2) is 35.7 Å². The monoisotopic (exact) mass is 386 g/mol.